The fraction of sp³-hybridized carbons (Fsp3) is 0.190. The highest BCUT2D eigenvalue weighted by molar-refractivity contribution is 6.31. The molecule has 3 aromatic rings. The van der Waals surface area contributed by atoms with E-state index in [2.05, 4.69) is 5.32 Å². The van der Waals surface area contributed by atoms with Gasteiger partial charge in [0.25, 0.3) is 5.91 Å². The van der Waals surface area contributed by atoms with Crippen LogP contribution in [0.5, 0.6) is 0 Å². The summed E-state index contributed by atoms with van der Waals surface area (Å²) in [5, 5.41) is 3.66. The van der Waals surface area contributed by atoms with Gasteiger partial charge in [-0.25, -0.2) is 9.59 Å². The highest BCUT2D eigenvalue weighted by Gasteiger charge is 2.23. The monoisotopic (exact) mass is 415 g/mol. The number of nitrogens with one attached hydrogen (secondary N) is 1. The fourth-order valence-corrected chi connectivity index (χ4v) is 2.92. The molecule has 1 heterocycles. The van der Waals surface area contributed by atoms with E-state index in [1.54, 1.807) is 18.2 Å². The van der Waals surface area contributed by atoms with Crippen LogP contribution >= 0.6 is 11.6 Å². The molecular weight excluding hydrogens is 398 g/mol. The molecular formula is C21H18ClNO6. The molecule has 7 nitrogen and oxygen atoms in total. The Balaban J connectivity index is 1.59. The number of furan rings is 1. The van der Waals surface area contributed by atoms with Gasteiger partial charge in [0.1, 0.15) is 11.6 Å². The van der Waals surface area contributed by atoms with Crippen molar-refractivity contribution in [3.8, 4) is 0 Å². The van der Waals surface area contributed by atoms with Gasteiger partial charge in [-0.2, -0.15) is 0 Å². The third-order valence-corrected chi connectivity index (χ3v) is 4.35. The van der Waals surface area contributed by atoms with E-state index in [-0.39, 0.29) is 12.2 Å². The molecule has 0 aliphatic carbocycles. The van der Waals surface area contributed by atoms with Gasteiger partial charge in [0.05, 0.1) is 7.11 Å². The van der Waals surface area contributed by atoms with Crippen LogP contribution in [-0.2, 0) is 25.5 Å². The minimum Gasteiger partial charge on any atom is -0.467 e. The molecule has 1 atom stereocenters. The molecule has 0 bridgehead atoms. The van der Waals surface area contributed by atoms with E-state index in [4.69, 9.17) is 25.5 Å². The smallest absolute Gasteiger partial charge is 0.374 e. The summed E-state index contributed by atoms with van der Waals surface area (Å²) in [6.07, 6.45) is 0.248. The van der Waals surface area contributed by atoms with Crippen LogP contribution < -0.4 is 5.32 Å². The number of methoxy groups -OCH3 is 1. The summed E-state index contributed by atoms with van der Waals surface area (Å²) < 4.78 is 15.1. The number of halogens is 1. The molecule has 0 radical (unpaired) electrons. The molecule has 0 aliphatic rings. The van der Waals surface area contributed by atoms with Crippen molar-refractivity contribution in [2.45, 2.75) is 12.5 Å². The van der Waals surface area contributed by atoms with Crippen LogP contribution in [0, 0.1) is 0 Å². The third kappa shape index (κ3) is 5.36. The van der Waals surface area contributed by atoms with Crippen molar-refractivity contribution < 1.29 is 28.3 Å². The molecule has 2 aromatic carbocycles. The van der Waals surface area contributed by atoms with E-state index < -0.39 is 30.5 Å². The van der Waals surface area contributed by atoms with Gasteiger partial charge in [-0.15, -0.1) is 0 Å². The number of amides is 1. The number of hydrogen-bond donors (Lipinski definition) is 1. The Morgan fingerprint density at radius 1 is 1.10 bits per heavy atom. The molecule has 1 amide bonds. The van der Waals surface area contributed by atoms with E-state index in [0.29, 0.717) is 16.0 Å². The summed E-state index contributed by atoms with van der Waals surface area (Å²) in [7, 11) is 1.24. The molecule has 0 saturated heterocycles. The number of carbonyl (C=O) groups is 3. The maximum atomic E-state index is 12.2. The Labute approximate surface area is 171 Å². The van der Waals surface area contributed by atoms with Crippen molar-refractivity contribution in [2.75, 3.05) is 13.7 Å². The predicted molar refractivity (Wildman–Crippen MR) is 106 cm³/mol. The average Bonchev–Trinajstić information content (AvgIpc) is 3.15. The van der Waals surface area contributed by atoms with Gasteiger partial charge in [0.2, 0.25) is 5.76 Å². The lowest BCUT2D eigenvalue weighted by molar-refractivity contribution is -0.145. The molecule has 150 valence electrons. The fourth-order valence-electron chi connectivity index (χ4n) is 2.74. The normalized spacial score (nSPS) is 11.7. The molecule has 1 N–H and O–H groups in total. The molecule has 0 fully saturated rings. The van der Waals surface area contributed by atoms with Crippen molar-refractivity contribution >= 4 is 40.4 Å². The van der Waals surface area contributed by atoms with E-state index >= 15 is 0 Å². The van der Waals surface area contributed by atoms with E-state index in [1.165, 1.54) is 13.2 Å². The standard InChI is InChI=1S/C21H18ClNO6/c1-27-20(25)16(9-13-5-3-2-4-6-13)23-19(24)12-28-21(26)18-11-14-10-15(22)7-8-17(14)29-18/h2-8,10-11,16H,9,12H2,1H3,(H,23,24)/t16-/m0/s1. The summed E-state index contributed by atoms with van der Waals surface area (Å²) in [5.74, 6) is -2.08. The topological polar surface area (TPSA) is 94.8 Å². The number of carbonyl (C=O) groups excluding carboxylic acids is 3. The van der Waals surface area contributed by atoms with Crippen LogP contribution in [0.25, 0.3) is 11.0 Å². The van der Waals surface area contributed by atoms with Crippen molar-refractivity contribution in [1.29, 1.82) is 0 Å². The number of hydrogen-bond acceptors (Lipinski definition) is 6. The molecule has 1 aromatic heterocycles. The zero-order valence-corrected chi connectivity index (χ0v) is 16.3. The highest BCUT2D eigenvalue weighted by Crippen LogP contribution is 2.23. The number of benzene rings is 2. The summed E-state index contributed by atoms with van der Waals surface area (Å²) in [5.41, 5.74) is 1.32. The first-order chi connectivity index (χ1) is 14.0. The van der Waals surface area contributed by atoms with Crippen LogP contribution in [0.4, 0.5) is 0 Å². The zero-order chi connectivity index (χ0) is 20.8. The predicted octanol–water partition coefficient (Wildman–Crippen LogP) is 3.14. The molecule has 0 saturated carbocycles. The van der Waals surface area contributed by atoms with E-state index in [0.717, 1.165) is 5.56 Å². The Kier molecular flexibility index (Phi) is 6.51. The minimum atomic E-state index is -0.901. The van der Waals surface area contributed by atoms with Crippen molar-refractivity contribution in [1.82, 2.24) is 5.32 Å². The molecule has 0 aliphatic heterocycles. The van der Waals surface area contributed by atoms with Crippen LogP contribution in [0.2, 0.25) is 5.02 Å². The van der Waals surface area contributed by atoms with Crippen molar-refractivity contribution in [3.63, 3.8) is 0 Å². The minimum absolute atomic E-state index is 0.0520. The first-order valence-electron chi connectivity index (χ1n) is 8.73. The van der Waals surface area contributed by atoms with Gasteiger partial charge in [0.15, 0.2) is 6.61 Å². The summed E-state index contributed by atoms with van der Waals surface area (Å²) in [6.45, 7) is -0.571. The highest BCUT2D eigenvalue weighted by atomic mass is 35.5. The lowest BCUT2D eigenvalue weighted by atomic mass is 10.1. The molecule has 29 heavy (non-hydrogen) atoms. The number of fused-ring (bicyclic) bond motifs is 1. The molecule has 8 heteroatoms. The Morgan fingerprint density at radius 2 is 1.86 bits per heavy atom. The first-order valence-corrected chi connectivity index (χ1v) is 9.11. The maximum Gasteiger partial charge on any atom is 0.374 e. The van der Waals surface area contributed by atoms with Crippen LogP contribution in [-0.4, -0.2) is 37.6 Å². The summed E-state index contributed by atoms with van der Waals surface area (Å²) in [6, 6.07) is 14.7. The first kappa shape index (κ1) is 20.4. The average molecular weight is 416 g/mol. The Hall–Kier alpha value is -3.32. The number of ether oxygens (including phenoxy) is 2. The van der Waals surface area contributed by atoms with Crippen molar-refractivity contribution in [2.24, 2.45) is 0 Å². The van der Waals surface area contributed by atoms with Gasteiger partial charge in [-0.3, -0.25) is 4.79 Å². The lowest BCUT2D eigenvalue weighted by Crippen LogP contribution is -2.44. The van der Waals surface area contributed by atoms with E-state index in [9.17, 15) is 14.4 Å². The molecule has 0 spiro atoms. The third-order valence-electron chi connectivity index (χ3n) is 4.12. The number of rotatable bonds is 7. The largest absolute Gasteiger partial charge is 0.467 e. The summed E-state index contributed by atoms with van der Waals surface area (Å²) >= 11 is 5.91. The lowest BCUT2D eigenvalue weighted by Gasteiger charge is -2.16. The summed E-state index contributed by atoms with van der Waals surface area (Å²) in [4.78, 5) is 36.3. The second-order valence-corrected chi connectivity index (χ2v) is 6.64. The quantitative estimate of drug-likeness (QED) is 0.596. The van der Waals surface area contributed by atoms with Crippen LogP contribution in [0.1, 0.15) is 16.1 Å². The Morgan fingerprint density at radius 3 is 2.59 bits per heavy atom. The Bertz CT molecular complexity index is 1030. The zero-order valence-electron chi connectivity index (χ0n) is 15.5. The van der Waals surface area contributed by atoms with E-state index in [1.807, 2.05) is 30.3 Å². The second-order valence-electron chi connectivity index (χ2n) is 6.20. The van der Waals surface area contributed by atoms with Gasteiger partial charge in [0, 0.05) is 16.8 Å². The number of esters is 2. The van der Waals surface area contributed by atoms with Crippen molar-refractivity contribution in [3.05, 3.63) is 70.9 Å². The second kappa shape index (κ2) is 9.25. The van der Waals surface area contributed by atoms with Gasteiger partial charge in [-0.1, -0.05) is 41.9 Å². The van der Waals surface area contributed by atoms with Gasteiger partial charge >= 0.3 is 11.9 Å². The van der Waals surface area contributed by atoms with Crippen LogP contribution in [0.3, 0.4) is 0 Å². The van der Waals surface area contributed by atoms with Gasteiger partial charge in [-0.05, 0) is 29.8 Å². The SMILES string of the molecule is COC(=O)[C@H](Cc1ccccc1)NC(=O)COC(=O)c1cc2cc(Cl)ccc2o1. The molecule has 0 unspecified atom stereocenters. The molecule has 3 rings (SSSR count). The van der Waals surface area contributed by atoms with Gasteiger partial charge < -0.3 is 19.2 Å². The maximum absolute atomic E-state index is 12.2. The van der Waals surface area contributed by atoms with Crippen LogP contribution in [0.15, 0.2) is 59.0 Å².